The lowest BCUT2D eigenvalue weighted by atomic mass is 9.99. The van der Waals surface area contributed by atoms with E-state index in [1.54, 1.807) is 24.3 Å². The molecular weight excluding hydrogens is 442 g/mol. The van der Waals surface area contributed by atoms with E-state index in [-0.39, 0.29) is 19.3 Å². The summed E-state index contributed by atoms with van der Waals surface area (Å²) in [5, 5.41) is 19.9. The topological polar surface area (TPSA) is 99.3 Å². The Kier molecular flexibility index (Phi) is 8.02. The second-order valence-corrected chi connectivity index (χ2v) is 8.90. The Morgan fingerprint density at radius 3 is 2.49 bits per heavy atom. The summed E-state index contributed by atoms with van der Waals surface area (Å²) < 4.78 is 5.58. The molecule has 2 atom stereocenters. The normalized spacial score (nSPS) is 17.2. The molecule has 7 heteroatoms. The number of hydrogen-bond donors (Lipinski definition) is 3. The first-order chi connectivity index (χ1) is 17.0. The highest BCUT2D eigenvalue weighted by atomic mass is 16.5. The number of amides is 1. The average Bonchev–Trinajstić information content (AvgIpc) is 2.88. The fourth-order valence-corrected chi connectivity index (χ4v) is 4.68. The summed E-state index contributed by atoms with van der Waals surface area (Å²) in [6.07, 6.45) is -0.662. The van der Waals surface area contributed by atoms with Gasteiger partial charge in [-0.1, -0.05) is 42.5 Å². The van der Waals surface area contributed by atoms with Gasteiger partial charge < -0.3 is 25.6 Å². The minimum atomic E-state index is -0.662. The van der Waals surface area contributed by atoms with Crippen molar-refractivity contribution >= 4 is 11.6 Å². The smallest absolute Gasteiger partial charge is 0.248 e. The first-order valence-electron chi connectivity index (χ1n) is 11.9. The molecule has 1 heterocycles. The van der Waals surface area contributed by atoms with Gasteiger partial charge in [-0.3, -0.25) is 9.69 Å². The van der Waals surface area contributed by atoms with E-state index in [0.29, 0.717) is 12.1 Å². The van der Waals surface area contributed by atoms with Gasteiger partial charge in [0.2, 0.25) is 5.91 Å². The Labute approximate surface area is 206 Å². The first-order valence-corrected chi connectivity index (χ1v) is 11.9. The average molecular weight is 476 g/mol. The van der Waals surface area contributed by atoms with E-state index >= 15 is 0 Å². The van der Waals surface area contributed by atoms with Crippen LogP contribution in [0.5, 0.6) is 5.75 Å². The molecule has 0 saturated carbocycles. The summed E-state index contributed by atoms with van der Waals surface area (Å²) in [4.78, 5) is 16.0. The van der Waals surface area contributed by atoms with Crippen LogP contribution in [-0.2, 0) is 0 Å². The van der Waals surface area contributed by atoms with Crippen LogP contribution in [0.15, 0.2) is 72.8 Å². The van der Waals surface area contributed by atoms with Gasteiger partial charge in [-0.15, -0.1) is 0 Å². The van der Waals surface area contributed by atoms with Crippen molar-refractivity contribution in [3.63, 3.8) is 0 Å². The molecule has 1 amide bonds. The standard InChI is InChI=1S/C28H33N3O4/c1-20-17-24(35-16-15-32)11-12-25(20)31-14-13-30(18-26(31)21-5-3-2-4-6-21)19-27(33)22-7-9-23(10-8-22)28(29)34/h2-12,17,26-27,32-33H,13-16,18-19H2,1H3,(H2,29,34)/t26-,27?/m0/s1. The molecule has 184 valence electrons. The van der Waals surface area contributed by atoms with Crippen molar-refractivity contribution in [3.05, 3.63) is 95.1 Å². The zero-order valence-corrected chi connectivity index (χ0v) is 20.0. The van der Waals surface area contributed by atoms with Crippen LogP contribution in [-0.4, -0.2) is 60.4 Å². The van der Waals surface area contributed by atoms with Gasteiger partial charge in [0.15, 0.2) is 0 Å². The van der Waals surface area contributed by atoms with E-state index in [2.05, 4.69) is 47.1 Å². The van der Waals surface area contributed by atoms with Crippen molar-refractivity contribution in [1.82, 2.24) is 4.90 Å². The third-order valence-corrected chi connectivity index (χ3v) is 6.50. The van der Waals surface area contributed by atoms with Crippen LogP contribution in [0.2, 0.25) is 0 Å². The van der Waals surface area contributed by atoms with Gasteiger partial charge in [0.1, 0.15) is 12.4 Å². The van der Waals surface area contributed by atoms with Crippen molar-refractivity contribution in [2.24, 2.45) is 5.73 Å². The number of aliphatic hydroxyl groups is 2. The molecule has 4 rings (SSSR count). The number of primary amides is 1. The zero-order valence-electron chi connectivity index (χ0n) is 20.0. The molecule has 0 radical (unpaired) electrons. The van der Waals surface area contributed by atoms with E-state index in [1.165, 1.54) is 5.56 Å². The molecule has 0 bridgehead atoms. The maximum absolute atomic E-state index is 11.3. The monoisotopic (exact) mass is 475 g/mol. The number of nitrogens with zero attached hydrogens (tertiary/aromatic N) is 2. The van der Waals surface area contributed by atoms with Crippen molar-refractivity contribution in [3.8, 4) is 5.75 Å². The molecule has 1 aliphatic rings. The summed E-state index contributed by atoms with van der Waals surface area (Å²) in [5.41, 5.74) is 10.0. The molecule has 1 unspecified atom stereocenters. The van der Waals surface area contributed by atoms with Crippen molar-refractivity contribution < 1.29 is 19.7 Å². The Morgan fingerprint density at radius 1 is 1.09 bits per heavy atom. The minimum Gasteiger partial charge on any atom is -0.491 e. The predicted molar refractivity (Wildman–Crippen MR) is 137 cm³/mol. The summed E-state index contributed by atoms with van der Waals surface area (Å²) in [5.74, 6) is 0.275. The van der Waals surface area contributed by atoms with E-state index in [1.807, 2.05) is 18.2 Å². The second-order valence-electron chi connectivity index (χ2n) is 8.90. The van der Waals surface area contributed by atoms with Gasteiger partial charge in [0.05, 0.1) is 18.8 Å². The van der Waals surface area contributed by atoms with E-state index in [4.69, 9.17) is 15.6 Å². The molecule has 3 aromatic rings. The highest BCUT2D eigenvalue weighted by Gasteiger charge is 2.30. The van der Waals surface area contributed by atoms with Crippen LogP contribution >= 0.6 is 0 Å². The van der Waals surface area contributed by atoms with E-state index < -0.39 is 12.0 Å². The number of carbonyl (C=O) groups is 1. The maximum atomic E-state index is 11.3. The van der Waals surface area contributed by atoms with Crippen molar-refractivity contribution in [2.45, 2.75) is 19.1 Å². The third kappa shape index (κ3) is 6.00. The van der Waals surface area contributed by atoms with E-state index in [0.717, 1.165) is 42.2 Å². The molecule has 35 heavy (non-hydrogen) atoms. The van der Waals surface area contributed by atoms with Crippen molar-refractivity contribution in [1.29, 1.82) is 0 Å². The number of aryl methyl sites for hydroxylation is 1. The molecule has 7 nitrogen and oxygen atoms in total. The number of rotatable bonds is 9. The van der Waals surface area contributed by atoms with Gasteiger partial charge >= 0.3 is 0 Å². The first kappa shape index (κ1) is 24.7. The van der Waals surface area contributed by atoms with Gasteiger partial charge in [0.25, 0.3) is 0 Å². The number of piperazine rings is 1. The van der Waals surface area contributed by atoms with Crippen LogP contribution in [0.1, 0.15) is 39.2 Å². The number of β-amino-alcohol motifs (C(OH)–C–C–N with tert-alkyl or cyclic N) is 1. The molecule has 3 aromatic carbocycles. The molecule has 0 spiro atoms. The number of benzene rings is 3. The fraction of sp³-hybridized carbons (Fsp3) is 0.321. The molecule has 4 N–H and O–H groups in total. The lowest BCUT2D eigenvalue weighted by Crippen LogP contribution is -2.49. The molecule has 0 aliphatic carbocycles. The highest BCUT2D eigenvalue weighted by Crippen LogP contribution is 2.35. The van der Waals surface area contributed by atoms with Crippen LogP contribution in [0.25, 0.3) is 0 Å². The van der Waals surface area contributed by atoms with Crippen LogP contribution in [0, 0.1) is 6.92 Å². The quantitative estimate of drug-likeness (QED) is 0.440. The Hall–Kier alpha value is -3.39. The predicted octanol–water partition coefficient (Wildman–Crippen LogP) is 3.06. The highest BCUT2D eigenvalue weighted by molar-refractivity contribution is 5.92. The number of aliphatic hydroxyl groups excluding tert-OH is 2. The largest absolute Gasteiger partial charge is 0.491 e. The van der Waals surface area contributed by atoms with Gasteiger partial charge in [0, 0.05) is 37.4 Å². The van der Waals surface area contributed by atoms with Crippen LogP contribution in [0.3, 0.4) is 0 Å². The Balaban J connectivity index is 1.52. The number of carbonyl (C=O) groups excluding carboxylic acids is 1. The van der Waals surface area contributed by atoms with Crippen molar-refractivity contribution in [2.75, 3.05) is 44.3 Å². The molecule has 1 fully saturated rings. The number of nitrogens with two attached hydrogens (primary N) is 1. The third-order valence-electron chi connectivity index (χ3n) is 6.50. The van der Waals surface area contributed by atoms with Gasteiger partial charge in [-0.05, 0) is 53.9 Å². The van der Waals surface area contributed by atoms with Crippen LogP contribution in [0.4, 0.5) is 5.69 Å². The Bertz CT molecular complexity index is 1120. The van der Waals surface area contributed by atoms with E-state index in [9.17, 15) is 9.90 Å². The summed E-state index contributed by atoms with van der Waals surface area (Å²) in [7, 11) is 0. The molecule has 1 aliphatic heterocycles. The molecular formula is C28H33N3O4. The molecule has 0 aromatic heterocycles. The van der Waals surface area contributed by atoms with Gasteiger partial charge in [-0.25, -0.2) is 0 Å². The maximum Gasteiger partial charge on any atom is 0.248 e. The zero-order chi connectivity index (χ0) is 24.8. The second kappa shape index (κ2) is 11.4. The lowest BCUT2D eigenvalue weighted by molar-refractivity contribution is 0.0989. The summed E-state index contributed by atoms with van der Waals surface area (Å²) in [6.45, 7) is 5.22. The molecule has 1 saturated heterocycles. The SMILES string of the molecule is Cc1cc(OCCO)ccc1N1CCN(CC(O)c2ccc(C(N)=O)cc2)C[C@H]1c1ccccc1. The Morgan fingerprint density at radius 2 is 1.83 bits per heavy atom. The number of hydrogen-bond acceptors (Lipinski definition) is 6. The minimum absolute atomic E-state index is 0.0139. The van der Waals surface area contributed by atoms with Crippen LogP contribution < -0.4 is 15.4 Å². The van der Waals surface area contributed by atoms with Gasteiger partial charge in [-0.2, -0.15) is 0 Å². The number of anilines is 1. The lowest BCUT2D eigenvalue weighted by Gasteiger charge is -2.44. The fourth-order valence-electron chi connectivity index (χ4n) is 4.68. The summed E-state index contributed by atoms with van der Waals surface area (Å²) >= 11 is 0. The summed E-state index contributed by atoms with van der Waals surface area (Å²) in [6, 6.07) is 23.4. The number of ether oxygens (including phenoxy) is 1.